The lowest BCUT2D eigenvalue weighted by Crippen LogP contribution is -2.53. The molecule has 0 saturated carbocycles. The summed E-state index contributed by atoms with van der Waals surface area (Å²) in [6.45, 7) is 7.37. The molecule has 0 aliphatic heterocycles. The van der Waals surface area contributed by atoms with Crippen LogP contribution in [0, 0.1) is 6.92 Å². The predicted octanol–water partition coefficient (Wildman–Crippen LogP) is 4.92. The molecule has 0 aliphatic carbocycles. The monoisotopic (exact) mass is 565 g/mol. The molecule has 40 heavy (non-hydrogen) atoms. The molecule has 0 aliphatic rings. The van der Waals surface area contributed by atoms with Crippen LogP contribution in [0.4, 0.5) is 5.69 Å². The number of carbonyl (C=O) groups excluding carboxylic acids is 2. The molecule has 0 unspecified atom stereocenters. The zero-order chi connectivity index (χ0) is 29.3. The molecule has 1 N–H and O–H groups in total. The standard InChI is InChI=1S/C31H39N3O5S/c1-6-24(4)32-31(36)29(7-2)33(21-25-13-11-12-23(3)20-25)30(35)22-34(26-16-18-27(39-5)19-17-26)40(37,38)28-14-9-8-10-15-28/h8-20,24,29H,6-7,21-22H2,1-5H3,(H,32,36)/t24-,29+/m0/s1. The van der Waals surface area contributed by atoms with Gasteiger partial charge in [0.25, 0.3) is 10.0 Å². The number of ether oxygens (including phenoxy) is 1. The van der Waals surface area contributed by atoms with Gasteiger partial charge in [0.2, 0.25) is 11.8 Å². The number of hydrogen-bond donors (Lipinski definition) is 1. The van der Waals surface area contributed by atoms with Crippen LogP contribution in [0.3, 0.4) is 0 Å². The maximum absolute atomic E-state index is 14.1. The maximum atomic E-state index is 14.1. The topological polar surface area (TPSA) is 96.0 Å². The van der Waals surface area contributed by atoms with E-state index in [-0.39, 0.29) is 23.4 Å². The van der Waals surface area contributed by atoms with Gasteiger partial charge in [0.1, 0.15) is 18.3 Å². The van der Waals surface area contributed by atoms with Crippen LogP contribution >= 0.6 is 0 Å². The molecule has 3 aromatic carbocycles. The summed E-state index contributed by atoms with van der Waals surface area (Å²) >= 11 is 0. The van der Waals surface area contributed by atoms with Crippen molar-refractivity contribution in [1.82, 2.24) is 10.2 Å². The van der Waals surface area contributed by atoms with E-state index in [2.05, 4.69) is 5.32 Å². The van der Waals surface area contributed by atoms with Crippen LogP contribution in [0.1, 0.15) is 44.7 Å². The molecular weight excluding hydrogens is 526 g/mol. The van der Waals surface area contributed by atoms with Gasteiger partial charge >= 0.3 is 0 Å². The van der Waals surface area contributed by atoms with Crippen LogP contribution in [0.5, 0.6) is 5.75 Å². The van der Waals surface area contributed by atoms with Crippen molar-refractivity contribution in [2.45, 2.75) is 64.1 Å². The highest BCUT2D eigenvalue weighted by atomic mass is 32.2. The Kier molecular flexibility index (Phi) is 10.7. The second-order valence-electron chi connectivity index (χ2n) is 9.78. The van der Waals surface area contributed by atoms with Crippen LogP contribution in [-0.2, 0) is 26.2 Å². The van der Waals surface area contributed by atoms with Crippen molar-refractivity contribution in [1.29, 1.82) is 0 Å². The number of sulfonamides is 1. The third-order valence-corrected chi connectivity index (χ3v) is 8.58. The molecule has 3 aromatic rings. The second-order valence-corrected chi connectivity index (χ2v) is 11.6. The van der Waals surface area contributed by atoms with Gasteiger partial charge in [0.15, 0.2) is 0 Å². The first kappa shape index (κ1) is 30.7. The number of methoxy groups -OCH3 is 1. The first-order valence-corrected chi connectivity index (χ1v) is 14.9. The number of carbonyl (C=O) groups is 2. The zero-order valence-electron chi connectivity index (χ0n) is 23.8. The summed E-state index contributed by atoms with van der Waals surface area (Å²) < 4.78 is 34.0. The number of amides is 2. The molecule has 9 heteroatoms. The SMILES string of the molecule is CC[C@H](C(=O)N[C@@H](C)CC)N(Cc1cccc(C)c1)C(=O)CN(c1ccc(OC)cc1)S(=O)(=O)c1ccccc1. The van der Waals surface area contributed by atoms with Crippen molar-refractivity contribution >= 4 is 27.5 Å². The summed E-state index contributed by atoms with van der Waals surface area (Å²) in [5.41, 5.74) is 2.18. The van der Waals surface area contributed by atoms with Gasteiger partial charge in [-0.05, 0) is 68.7 Å². The van der Waals surface area contributed by atoms with Crippen molar-refractivity contribution in [3.63, 3.8) is 0 Å². The number of aryl methyl sites for hydroxylation is 1. The number of hydrogen-bond acceptors (Lipinski definition) is 5. The first-order chi connectivity index (χ1) is 19.1. The van der Waals surface area contributed by atoms with E-state index in [0.29, 0.717) is 17.9 Å². The van der Waals surface area contributed by atoms with Crippen molar-refractivity contribution in [2.75, 3.05) is 18.0 Å². The quantitative estimate of drug-likeness (QED) is 0.317. The molecule has 3 rings (SSSR count). The van der Waals surface area contributed by atoms with E-state index in [4.69, 9.17) is 4.74 Å². The Morgan fingerprint density at radius 1 is 0.925 bits per heavy atom. The summed E-state index contributed by atoms with van der Waals surface area (Å²) in [4.78, 5) is 29.0. The van der Waals surface area contributed by atoms with Gasteiger partial charge in [0.05, 0.1) is 17.7 Å². The molecule has 2 amide bonds. The van der Waals surface area contributed by atoms with Crippen molar-refractivity contribution in [2.24, 2.45) is 0 Å². The lowest BCUT2D eigenvalue weighted by Gasteiger charge is -2.33. The Balaban J connectivity index is 2.05. The van der Waals surface area contributed by atoms with E-state index in [0.717, 1.165) is 21.9 Å². The molecular formula is C31H39N3O5S. The average molecular weight is 566 g/mol. The predicted molar refractivity (Wildman–Crippen MR) is 158 cm³/mol. The van der Waals surface area contributed by atoms with Crippen molar-refractivity contribution < 1.29 is 22.7 Å². The van der Waals surface area contributed by atoms with Crippen molar-refractivity contribution in [3.05, 3.63) is 90.0 Å². The summed E-state index contributed by atoms with van der Waals surface area (Å²) in [6, 6.07) is 21.4. The fraction of sp³-hybridized carbons (Fsp3) is 0.355. The highest BCUT2D eigenvalue weighted by Crippen LogP contribution is 2.26. The summed E-state index contributed by atoms with van der Waals surface area (Å²) in [6.07, 6.45) is 1.11. The van der Waals surface area contributed by atoms with E-state index in [1.165, 1.54) is 24.1 Å². The fourth-order valence-corrected chi connectivity index (χ4v) is 5.80. The second kappa shape index (κ2) is 14.0. The lowest BCUT2D eigenvalue weighted by molar-refractivity contribution is -0.140. The lowest BCUT2D eigenvalue weighted by atomic mass is 10.1. The fourth-order valence-electron chi connectivity index (χ4n) is 4.36. The number of nitrogens with one attached hydrogen (secondary N) is 1. The number of rotatable bonds is 13. The Morgan fingerprint density at radius 2 is 1.60 bits per heavy atom. The normalized spacial score (nSPS) is 12.7. The van der Waals surface area contributed by atoms with Crippen LogP contribution in [0.15, 0.2) is 83.8 Å². The van der Waals surface area contributed by atoms with Gasteiger partial charge in [-0.15, -0.1) is 0 Å². The summed E-state index contributed by atoms with van der Waals surface area (Å²) in [7, 11) is -2.59. The third kappa shape index (κ3) is 7.63. The van der Waals surface area contributed by atoms with E-state index < -0.39 is 28.5 Å². The minimum absolute atomic E-state index is 0.0606. The van der Waals surface area contributed by atoms with Crippen LogP contribution < -0.4 is 14.4 Å². The van der Waals surface area contributed by atoms with Gasteiger partial charge in [-0.25, -0.2) is 8.42 Å². The highest BCUT2D eigenvalue weighted by molar-refractivity contribution is 7.92. The van der Waals surface area contributed by atoms with Crippen molar-refractivity contribution in [3.8, 4) is 5.75 Å². The Morgan fingerprint density at radius 3 is 2.17 bits per heavy atom. The van der Waals surface area contributed by atoms with Gasteiger partial charge in [-0.2, -0.15) is 0 Å². The maximum Gasteiger partial charge on any atom is 0.264 e. The van der Waals surface area contributed by atoms with Gasteiger partial charge in [0, 0.05) is 12.6 Å². The molecule has 0 bridgehead atoms. The van der Waals surface area contributed by atoms with Crippen LogP contribution in [0.2, 0.25) is 0 Å². The molecule has 0 heterocycles. The Bertz CT molecular complexity index is 1380. The molecule has 8 nitrogen and oxygen atoms in total. The average Bonchev–Trinajstić information content (AvgIpc) is 2.96. The molecule has 0 radical (unpaired) electrons. The highest BCUT2D eigenvalue weighted by Gasteiger charge is 2.34. The Hall–Kier alpha value is -3.85. The van der Waals surface area contributed by atoms with Gasteiger partial charge < -0.3 is 15.0 Å². The number of nitrogens with zero attached hydrogens (tertiary/aromatic N) is 2. The number of benzene rings is 3. The molecule has 0 saturated heterocycles. The summed E-state index contributed by atoms with van der Waals surface area (Å²) in [5, 5.41) is 2.99. The van der Waals surface area contributed by atoms with Gasteiger partial charge in [-0.1, -0.05) is 61.9 Å². The molecule has 2 atom stereocenters. The Labute approximate surface area is 238 Å². The molecule has 214 valence electrons. The number of anilines is 1. The minimum Gasteiger partial charge on any atom is -0.497 e. The third-order valence-electron chi connectivity index (χ3n) is 6.79. The molecule has 0 fully saturated rings. The summed E-state index contributed by atoms with van der Waals surface area (Å²) in [5.74, 6) is -0.191. The zero-order valence-corrected chi connectivity index (χ0v) is 24.6. The largest absolute Gasteiger partial charge is 0.497 e. The van der Waals surface area contributed by atoms with Crippen LogP contribution in [0.25, 0.3) is 0 Å². The van der Waals surface area contributed by atoms with E-state index in [9.17, 15) is 18.0 Å². The molecule has 0 spiro atoms. The van der Waals surface area contributed by atoms with E-state index in [1.807, 2.05) is 52.0 Å². The van der Waals surface area contributed by atoms with Crippen LogP contribution in [-0.4, -0.2) is 50.9 Å². The van der Waals surface area contributed by atoms with Gasteiger partial charge in [-0.3, -0.25) is 13.9 Å². The molecule has 0 aromatic heterocycles. The smallest absolute Gasteiger partial charge is 0.264 e. The van der Waals surface area contributed by atoms with E-state index >= 15 is 0 Å². The minimum atomic E-state index is -4.11. The van der Waals surface area contributed by atoms with E-state index in [1.54, 1.807) is 42.5 Å². The first-order valence-electron chi connectivity index (χ1n) is 13.5.